The highest BCUT2D eigenvalue weighted by atomic mass is 16.6. The Labute approximate surface area is 133 Å². The topological polar surface area (TPSA) is 98.5 Å². The van der Waals surface area contributed by atoms with Crippen LogP contribution in [0.4, 0.5) is 5.69 Å². The number of hydrogen-bond acceptors (Lipinski definition) is 5. The number of hydrogen-bond donors (Lipinski definition) is 1. The van der Waals surface area contributed by atoms with E-state index in [0.717, 1.165) is 0 Å². The first-order chi connectivity index (χ1) is 10.8. The molecule has 2 rings (SSSR count). The molecule has 1 aromatic carbocycles. The number of rotatable bonds is 4. The molecule has 0 bridgehead atoms. The van der Waals surface area contributed by atoms with E-state index in [1.165, 1.54) is 6.07 Å². The number of piperidine rings is 1. The molecule has 122 valence electrons. The van der Waals surface area contributed by atoms with Gasteiger partial charge in [0.15, 0.2) is 0 Å². The van der Waals surface area contributed by atoms with E-state index in [0.29, 0.717) is 5.56 Å². The van der Waals surface area contributed by atoms with Gasteiger partial charge in [0, 0.05) is 29.7 Å². The Morgan fingerprint density at radius 1 is 1.43 bits per heavy atom. The molecule has 1 fully saturated rings. The van der Waals surface area contributed by atoms with Crippen molar-refractivity contribution in [2.45, 2.75) is 32.3 Å². The molecule has 23 heavy (non-hydrogen) atoms. The van der Waals surface area contributed by atoms with Gasteiger partial charge >= 0.3 is 5.97 Å². The molecular formula is C16H18N2O5. The van der Waals surface area contributed by atoms with Crippen LogP contribution in [0.1, 0.15) is 31.7 Å². The SMILES string of the molecule is C=C1NC(=O)CC(c2ccccc2[N+](=O)[O-])C1C(=O)OC(C)C. The van der Waals surface area contributed by atoms with Crippen LogP contribution in [-0.4, -0.2) is 22.9 Å². The maximum Gasteiger partial charge on any atom is 0.315 e. The normalized spacial score (nSPS) is 21.0. The molecule has 2 atom stereocenters. The molecule has 2 unspecified atom stereocenters. The predicted octanol–water partition coefficient (Wildman–Crippen LogP) is 2.28. The second kappa shape index (κ2) is 6.60. The molecule has 7 heteroatoms. The van der Waals surface area contributed by atoms with Crippen LogP contribution in [0, 0.1) is 16.0 Å². The van der Waals surface area contributed by atoms with E-state index in [-0.39, 0.29) is 29.8 Å². The third kappa shape index (κ3) is 3.56. The van der Waals surface area contributed by atoms with E-state index in [9.17, 15) is 19.7 Å². The summed E-state index contributed by atoms with van der Waals surface area (Å²) in [5.41, 5.74) is 0.414. The molecule has 0 aliphatic carbocycles. The van der Waals surface area contributed by atoms with Gasteiger partial charge in [0.2, 0.25) is 5.91 Å². The second-order valence-corrected chi connectivity index (χ2v) is 5.66. The summed E-state index contributed by atoms with van der Waals surface area (Å²) in [5.74, 6) is -2.40. The van der Waals surface area contributed by atoms with Crippen LogP contribution in [0.5, 0.6) is 0 Å². The van der Waals surface area contributed by atoms with Gasteiger partial charge < -0.3 is 10.1 Å². The summed E-state index contributed by atoms with van der Waals surface area (Å²) in [7, 11) is 0. The Morgan fingerprint density at radius 2 is 2.09 bits per heavy atom. The minimum absolute atomic E-state index is 0.0399. The molecule has 1 aliphatic heterocycles. The molecule has 1 N–H and O–H groups in total. The maximum absolute atomic E-state index is 12.4. The monoisotopic (exact) mass is 318 g/mol. The molecule has 0 spiro atoms. The van der Waals surface area contributed by atoms with Crippen molar-refractivity contribution in [1.82, 2.24) is 5.32 Å². The summed E-state index contributed by atoms with van der Waals surface area (Å²) in [4.78, 5) is 35.0. The lowest BCUT2D eigenvalue weighted by Crippen LogP contribution is -2.42. The van der Waals surface area contributed by atoms with Crippen molar-refractivity contribution < 1.29 is 19.2 Å². The number of nitro benzene ring substituents is 1. The summed E-state index contributed by atoms with van der Waals surface area (Å²) >= 11 is 0. The van der Waals surface area contributed by atoms with Gasteiger partial charge in [-0.1, -0.05) is 24.8 Å². The quantitative estimate of drug-likeness (QED) is 0.521. The van der Waals surface area contributed by atoms with Gasteiger partial charge in [0.25, 0.3) is 5.69 Å². The van der Waals surface area contributed by atoms with Crippen LogP contribution in [-0.2, 0) is 14.3 Å². The fraction of sp³-hybridized carbons (Fsp3) is 0.375. The Hall–Kier alpha value is -2.70. The van der Waals surface area contributed by atoms with Crippen LogP contribution in [0.3, 0.4) is 0 Å². The van der Waals surface area contributed by atoms with Crippen molar-refractivity contribution >= 4 is 17.6 Å². The van der Waals surface area contributed by atoms with Gasteiger partial charge in [-0.05, 0) is 13.8 Å². The fourth-order valence-electron chi connectivity index (χ4n) is 2.74. The summed E-state index contributed by atoms with van der Waals surface area (Å²) < 4.78 is 5.23. The number of esters is 1. The lowest BCUT2D eigenvalue weighted by Gasteiger charge is -2.32. The number of nitrogens with one attached hydrogen (secondary N) is 1. The molecule has 1 amide bonds. The van der Waals surface area contributed by atoms with Crippen LogP contribution in [0.15, 0.2) is 36.5 Å². The lowest BCUT2D eigenvalue weighted by atomic mass is 9.78. The number of nitrogens with zero attached hydrogens (tertiary/aromatic N) is 1. The standard InChI is InChI=1S/C16H18N2O5/c1-9(2)23-16(20)15-10(3)17-14(19)8-12(15)11-6-4-5-7-13(11)18(21)22/h4-7,9,12,15H,3,8H2,1-2H3,(H,17,19). The minimum Gasteiger partial charge on any atom is -0.462 e. The fourth-order valence-corrected chi connectivity index (χ4v) is 2.74. The van der Waals surface area contributed by atoms with Gasteiger partial charge in [0.1, 0.15) is 5.92 Å². The highest BCUT2D eigenvalue weighted by Crippen LogP contribution is 2.39. The van der Waals surface area contributed by atoms with Gasteiger partial charge in [-0.2, -0.15) is 0 Å². The average Bonchev–Trinajstić information content (AvgIpc) is 2.45. The second-order valence-electron chi connectivity index (χ2n) is 5.66. The predicted molar refractivity (Wildman–Crippen MR) is 82.5 cm³/mol. The first-order valence-corrected chi connectivity index (χ1v) is 7.23. The highest BCUT2D eigenvalue weighted by molar-refractivity contribution is 5.87. The number of carbonyl (C=O) groups excluding carboxylic acids is 2. The van der Waals surface area contributed by atoms with Crippen molar-refractivity contribution in [2.24, 2.45) is 5.92 Å². The van der Waals surface area contributed by atoms with E-state index in [1.807, 2.05) is 0 Å². The van der Waals surface area contributed by atoms with E-state index < -0.39 is 22.7 Å². The van der Waals surface area contributed by atoms with Gasteiger partial charge in [-0.3, -0.25) is 19.7 Å². The van der Waals surface area contributed by atoms with Gasteiger partial charge in [-0.15, -0.1) is 0 Å². The van der Waals surface area contributed by atoms with Crippen molar-refractivity contribution in [3.05, 3.63) is 52.2 Å². The number of nitro groups is 1. The number of para-hydroxylation sites is 1. The summed E-state index contributed by atoms with van der Waals surface area (Å²) in [5, 5.41) is 13.8. The Balaban J connectivity index is 2.47. The zero-order chi connectivity index (χ0) is 17.1. The van der Waals surface area contributed by atoms with Crippen molar-refractivity contribution in [1.29, 1.82) is 0 Å². The van der Waals surface area contributed by atoms with E-state index in [1.54, 1.807) is 32.0 Å². The van der Waals surface area contributed by atoms with Crippen molar-refractivity contribution in [3.8, 4) is 0 Å². The number of benzene rings is 1. The summed E-state index contributed by atoms with van der Waals surface area (Å²) in [6.07, 6.45) is -0.374. The van der Waals surface area contributed by atoms with Crippen molar-refractivity contribution in [3.63, 3.8) is 0 Å². The van der Waals surface area contributed by atoms with Crippen LogP contribution < -0.4 is 5.32 Å². The lowest BCUT2D eigenvalue weighted by molar-refractivity contribution is -0.385. The molecule has 0 aromatic heterocycles. The highest BCUT2D eigenvalue weighted by Gasteiger charge is 2.41. The summed E-state index contributed by atoms with van der Waals surface area (Å²) in [6.45, 7) is 7.14. The largest absolute Gasteiger partial charge is 0.462 e. The molecular weight excluding hydrogens is 300 g/mol. The number of carbonyl (C=O) groups is 2. The van der Waals surface area contributed by atoms with Crippen molar-refractivity contribution in [2.75, 3.05) is 0 Å². The van der Waals surface area contributed by atoms with Crippen LogP contribution in [0.25, 0.3) is 0 Å². The van der Waals surface area contributed by atoms with E-state index in [2.05, 4.69) is 11.9 Å². The molecule has 1 aliphatic rings. The minimum atomic E-state index is -0.851. The van der Waals surface area contributed by atoms with Crippen LogP contribution >= 0.6 is 0 Å². The van der Waals surface area contributed by atoms with E-state index >= 15 is 0 Å². The molecule has 1 heterocycles. The first kappa shape index (κ1) is 16.7. The summed E-state index contributed by atoms with van der Waals surface area (Å²) in [6, 6.07) is 6.10. The van der Waals surface area contributed by atoms with E-state index in [4.69, 9.17) is 4.74 Å². The molecule has 1 aromatic rings. The molecule has 0 radical (unpaired) electrons. The molecule has 7 nitrogen and oxygen atoms in total. The van der Waals surface area contributed by atoms with Gasteiger partial charge in [-0.25, -0.2) is 0 Å². The van der Waals surface area contributed by atoms with Crippen LogP contribution in [0.2, 0.25) is 0 Å². The maximum atomic E-state index is 12.4. The van der Waals surface area contributed by atoms with Gasteiger partial charge in [0.05, 0.1) is 11.0 Å². The average molecular weight is 318 g/mol. The Kier molecular flexibility index (Phi) is 4.78. The zero-order valence-corrected chi connectivity index (χ0v) is 12.9. The zero-order valence-electron chi connectivity index (χ0n) is 12.9. The number of amides is 1. The third-order valence-corrected chi connectivity index (χ3v) is 3.62. The molecule has 0 saturated carbocycles. The Bertz CT molecular complexity index is 668. The number of ether oxygens (including phenoxy) is 1. The first-order valence-electron chi connectivity index (χ1n) is 7.23. The third-order valence-electron chi connectivity index (χ3n) is 3.62. The molecule has 1 saturated heterocycles. The Morgan fingerprint density at radius 3 is 2.70 bits per heavy atom. The smallest absolute Gasteiger partial charge is 0.315 e.